The molecule has 4 heterocycles. The Morgan fingerprint density at radius 1 is 0.429 bits per heavy atom. The zero-order valence-corrected chi connectivity index (χ0v) is 26.3. The lowest BCUT2D eigenvalue weighted by atomic mass is 10.1. The number of furan rings is 1. The average Bonchev–Trinajstić information content (AvgIpc) is 3.81. The fourth-order valence-electron chi connectivity index (χ4n) is 7.85. The average molecular weight is 628 g/mol. The number of aromatic nitrogens is 2. The summed E-state index contributed by atoms with van der Waals surface area (Å²) in [5.74, 6) is 1.72. The van der Waals surface area contributed by atoms with Gasteiger partial charge in [-0.15, -0.1) is 0 Å². The molecular formula is C44H27N4O+. The van der Waals surface area contributed by atoms with Crippen molar-refractivity contribution in [3.63, 3.8) is 0 Å². The number of aliphatic imine (C=N–C) groups is 1. The van der Waals surface area contributed by atoms with Gasteiger partial charge in [-0.1, -0.05) is 114 Å². The maximum atomic E-state index is 7.13. The Morgan fingerprint density at radius 3 is 1.65 bits per heavy atom. The molecule has 0 atom stereocenters. The zero-order valence-electron chi connectivity index (χ0n) is 26.3. The van der Waals surface area contributed by atoms with Gasteiger partial charge in [-0.05, 0) is 54.6 Å². The molecule has 0 fully saturated rings. The normalized spacial score (nSPS) is 13.3. The fourth-order valence-corrected chi connectivity index (χ4v) is 7.85. The summed E-state index contributed by atoms with van der Waals surface area (Å²) in [7, 11) is 0. The van der Waals surface area contributed by atoms with Gasteiger partial charge in [0.2, 0.25) is 0 Å². The van der Waals surface area contributed by atoms with Crippen LogP contribution in [0, 0.1) is 0 Å². The number of hydrogen-bond donors (Lipinski definition) is 0. The van der Waals surface area contributed by atoms with Gasteiger partial charge < -0.3 is 8.98 Å². The van der Waals surface area contributed by atoms with Crippen molar-refractivity contribution in [3.8, 4) is 5.69 Å². The number of benzene rings is 7. The van der Waals surface area contributed by atoms with Gasteiger partial charge >= 0.3 is 5.96 Å². The SMILES string of the molecule is c1ccc(C2=NC(n3c4ccccc4c4ccccc43)=[N+]2c2cccc3c2oc2c3ccc3c4ccccc4n(-c4ccccc4)c32)cc1. The van der Waals surface area contributed by atoms with Crippen molar-refractivity contribution in [1.82, 2.24) is 9.13 Å². The van der Waals surface area contributed by atoms with Crippen LogP contribution in [0.3, 0.4) is 0 Å². The van der Waals surface area contributed by atoms with Gasteiger partial charge in [-0.25, -0.2) is 4.57 Å². The summed E-state index contributed by atoms with van der Waals surface area (Å²) in [6.45, 7) is 0. The van der Waals surface area contributed by atoms with E-state index in [-0.39, 0.29) is 0 Å². The van der Waals surface area contributed by atoms with Crippen molar-refractivity contribution in [2.75, 3.05) is 0 Å². The number of nitrogens with zero attached hydrogens (tertiary/aromatic N) is 4. The van der Waals surface area contributed by atoms with E-state index < -0.39 is 0 Å². The Labute approximate surface area is 280 Å². The summed E-state index contributed by atoms with van der Waals surface area (Å²) in [6.07, 6.45) is 0. The minimum atomic E-state index is 0.830. The van der Waals surface area contributed by atoms with Crippen LogP contribution >= 0.6 is 0 Å². The summed E-state index contributed by atoms with van der Waals surface area (Å²) in [5.41, 5.74) is 9.26. The molecule has 3 aromatic heterocycles. The molecule has 0 unspecified atom stereocenters. The highest BCUT2D eigenvalue weighted by atomic mass is 16.3. The Balaban J connectivity index is 1.25. The van der Waals surface area contributed by atoms with Gasteiger partial charge in [0.1, 0.15) is 16.7 Å². The molecule has 0 amide bonds. The van der Waals surface area contributed by atoms with Crippen molar-refractivity contribution >= 4 is 83.0 Å². The summed E-state index contributed by atoms with van der Waals surface area (Å²) < 4.78 is 14.0. The molecule has 0 spiro atoms. The molecule has 1 aliphatic heterocycles. The number of hydrogen-bond acceptors (Lipinski definition) is 2. The maximum Gasteiger partial charge on any atom is 0.367 e. The quantitative estimate of drug-likeness (QED) is 0.180. The van der Waals surface area contributed by atoms with Gasteiger partial charge in [0.25, 0.3) is 5.84 Å². The second-order valence-electron chi connectivity index (χ2n) is 12.6. The van der Waals surface area contributed by atoms with E-state index in [1.807, 2.05) is 6.07 Å². The molecule has 1 aliphatic rings. The van der Waals surface area contributed by atoms with E-state index in [0.717, 1.165) is 72.7 Å². The summed E-state index contributed by atoms with van der Waals surface area (Å²) >= 11 is 0. The van der Waals surface area contributed by atoms with Crippen LogP contribution in [-0.4, -0.2) is 25.5 Å². The standard InChI is InChI=1S/C44H27N4O/c1-3-14-28(15-4-1)43-45-44(47-37-23-11-7-18-30(37)31-19-8-12-24-38(31)47)48(43)39-25-13-21-34-35-27-26-33-32-20-9-10-22-36(32)46(29-16-5-2-6-17-29)40(33)42(35)49-41(34)39/h1-27H/q+1. The van der Waals surface area contributed by atoms with Crippen LogP contribution in [0.4, 0.5) is 5.69 Å². The Bertz CT molecular complexity index is 2980. The summed E-state index contributed by atoms with van der Waals surface area (Å²) in [5, 5.41) is 6.92. The topological polar surface area (TPSA) is 38.4 Å². The van der Waals surface area contributed by atoms with Crippen molar-refractivity contribution in [1.29, 1.82) is 0 Å². The van der Waals surface area contributed by atoms with Gasteiger partial charge in [0, 0.05) is 43.6 Å². The first-order valence-corrected chi connectivity index (χ1v) is 16.6. The number of para-hydroxylation sites is 5. The molecule has 5 heteroatoms. The van der Waals surface area contributed by atoms with E-state index in [1.165, 1.54) is 21.5 Å². The van der Waals surface area contributed by atoms with E-state index in [1.54, 1.807) is 0 Å². The first kappa shape index (κ1) is 26.4. The maximum absolute atomic E-state index is 7.13. The van der Waals surface area contributed by atoms with Gasteiger partial charge in [-0.2, -0.15) is 4.58 Å². The summed E-state index contributed by atoms with van der Waals surface area (Å²) in [4.78, 5) is 5.26. The third kappa shape index (κ3) is 3.59. The van der Waals surface area contributed by atoms with Crippen LogP contribution in [0.2, 0.25) is 0 Å². The first-order chi connectivity index (χ1) is 24.3. The van der Waals surface area contributed by atoms with Crippen LogP contribution in [0.5, 0.6) is 0 Å². The van der Waals surface area contributed by atoms with E-state index in [2.05, 4.69) is 171 Å². The highest BCUT2D eigenvalue weighted by Crippen LogP contribution is 2.43. The molecule has 5 nitrogen and oxygen atoms in total. The smallest absolute Gasteiger partial charge is 0.367 e. The minimum absolute atomic E-state index is 0.830. The third-order valence-electron chi connectivity index (χ3n) is 9.96. The fraction of sp³-hybridized carbons (Fsp3) is 0. The van der Waals surface area contributed by atoms with Crippen LogP contribution in [-0.2, 0) is 0 Å². The molecule has 0 N–H and O–H groups in total. The zero-order chi connectivity index (χ0) is 32.1. The largest absolute Gasteiger partial charge is 0.450 e. The van der Waals surface area contributed by atoms with Gasteiger partial charge in [-0.3, -0.25) is 0 Å². The van der Waals surface area contributed by atoms with Crippen molar-refractivity contribution in [3.05, 3.63) is 169 Å². The number of rotatable bonds is 3. The molecule has 0 radical (unpaired) electrons. The minimum Gasteiger partial charge on any atom is -0.450 e. The van der Waals surface area contributed by atoms with Crippen molar-refractivity contribution in [2.24, 2.45) is 4.99 Å². The monoisotopic (exact) mass is 627 g/mol. The van der Waals surface area contributed by atoms with E-state index >= 15 is 0 Å². The molecule has 0 aliphatic carbocycles. The number of amidine groups is 1. The lowest BCUT2D eigenvalue weighted by molar-refractivity contribution is -0.321. The Morgan fingerprint density at radius 2 is 0.959 bits per heavy atom. The molecular weight excluding hydrogens is 601 g/mol. The van der Waals surface area contributed by atoms with Crippen LogP contribution in [0.1, 0.15) is 5.56 Å². The highest BCUT2D eigenvalue weighted by molar-refractivity contribution is 6.23. The molecule has 11 rings (SSSR count). The lowest BCUT2D eigenvalue weighted by Gasteiger charge is -2.20. The van der Waals surface area contributed by atoms with Crippen LogP contribution in [0.25, 0.3) is 71.2 Å². The first-order valence-electron chi connectivity index (χ1n) is 16.6. The van der Waals surface area contributed by atoms with Gasteiger partial charge in [0.05, 0.1) is 11.0 Å². The molecule has 10 aromatic rings. The molecule has 0 saturated heterocycles. The number of fused-ring (bicyclic) bond motifs is 10. The highest BCUT2D eigenvalue weighted by Gasteiger charge is 2.36. The van der Waals surface area contributed by atoms with Crippen LogP contribution in [0.15, 0.2) is 173 Å². The Hall–Kier alpha value is -6.72. The molecule has 0 saturated carbocycles. The third-order valence-corrected chi connectivity index (χ3v) is 9.96. The lowest BCUT2D eigenvalue weighted by Crippen LogP contribution is -2.38. The van der Waals surface area contributed by atoms with Crippen molar-refractivity contribution in [2.45, 2.75) is 0 Å². The predicted octanol–water partition coefficient (Wildman–Crippen LogP) is 10.8. The van der Waals surface area contributed by atoms with Crippen molar-refractivity contribution < 1.29 is 8.99 Å². The second kappa shape index (κ2) is 9.89. The second-order valence-corrected chi connectivity index (χ2v) is 12.6. The molecule has 49 heavy (non-hydrogen) atoms. The van der Waals surface area contributed by atoms with Crippen LogP contribution < -0.4 is 0 Å². The molecule has 228 valence electrons. The predicted molar refractivity (Wildman–Crippen MR) is 201 cm³/mol. The molecule has 0 bridgehead atoms. The van der Waals surface area contributed by atoms with E-state index in [9.17, 15) is 0 Å². The molecule has 7 aromatic carbocycles. The van der Waals surface area contributed by atoms with E-state index in [4.69, 9.17) is 9.41 Å². The Kier molecular flexibility index (Phi) is 5.32. The summed E-state index contributed by atoms with van der Waals surface area (Å²) in [6, 6.07) is 57.6. The van der Waals surface area contributed by atoms with E-state index in [0.29, 0.717) is 0 Å². The van der Waals surface area contributed by atoms with Gasteiger partial charge in [0.15, 0.2) is 11.2 Å².